The highest BCUT2D eigenvalue weighted by molar-refractivity contribution is 5.79. The highest BCUT2D eigenvalue weighted by Crippen LogP contribution is 2.11. The maximum atomic E-state index is 12.9. The topological polar surface area (TPSA) is 59.2 Å². The van der Waals surface area contributed by atoms with E-state index in [9.17, 15) is 9.18 Å². The summed E-state index contributed by atoms with van der Waals surface area (Å²) in [4.78, 5) is 16.3. The Morgan fingerprint density at radius 3 is 2.88 bits per heavy atom. The van der Waals surface area contributed by atoms with Crippen molar-refractivity contribution in [3.63, 3.8) is 0 Å². The van der Waals surface area contributed by atoms with E-state index in [1.54, 1.807) is 17.0 Å². The molecule has 4 nitrogen and oxygen atoms in total. The number of rotatable bonds is 6. The van der Waals surface area contributed by atoms with Gasteiger partial charge in [-0.2, -0.15) is 4.39 Å². The quantitative estimate of drug-likeness (QED) is 0.743. The lowest BCUT2D eigenvalue weighted by Crippen LogP contribution is -2.35. The summed E-state index contributed by atoms with van der Waals surface area (Å²) in [5, 5.41) is 0. The largest absolute Gasteiger partial charge is 0.368 e. The van der Waals surface area contributed by atoms with E-state index in [4.69, 9.17) is 5.73 Å². The molecule has 0 bridgehead atoms. The molecule has 0 saturated carbocycles. The number of aromatic nitrogens is 1. The molecule has 1 aromatic heterocycles. The third-order valence-corrected chi connectivity index (χ3v) is 2.15. The predicted molar refractivity (Wildman–Crippen MR) is 60.5 cm³/mol. The molecule has 88 valence electrons. The molecule has 0 saturated heterocycles. The van der Waals surface area contributed by atoms with E-state index in [0.29, 0.717) is 12.4 Å². The van der Waals surface area contributed by atoms with E-state index in [-0.39, 0.29) is 6.54 Å². The summed E-state index contributed by atoms with van der Waals surface area (Å²) in [6, 6.07) is 4.51. The smallest absolute Gasteiger partial charge is 0.236 e. The van der Waals surface area contributed by atoms with Gasteiger partial charge in [0.15, 0.2) is 0 Å². The van der Waals surface area contributed by atoms with E-state index in [1.807, 2.05) is 6.92 Å². The fraction of sp³-hybridized carbons (Fsp3) is 0.455. The Bertz CT molecular complexity index is 357. The van der Waals surface area contributed by atoms with Crippen LogP contribution in [0.4, 0.5) is 10.2 Å². The van der Waals surface area contributed by atoms with Crippen molar-refractivity contribution in [3.8, 4) is 0 Å². The van der Waals surface area contributed by atoms with Gasteiger partial charge in [0.2, 0.25) is 11.9 Å². The van der Waals surface area contributed by atoms with E-state index in [0.717, 1.165) is 12.8 Å². The molecule has 5 heteroatoms. The van der Waals surface area contributed by atoms with Gasteiger partial charge in [-0.25, -0.2) is 4.98 Å². The van der Waals surface area contributed by atoms with Crippen LogP contribution in [-0.4, -0.2) is 24.0 Å². The Morgan fingerprint density at radius 1 is 1.56 bits per heavy atom. The number of halogens is 1. The highest BCUT2D eigenvalue weighted by atomic mass is 19.1. The van der Waals surface area contributed by atoms with Gasteiger partial charge in [-0.15, -0.1) is 0 Å². The van der Waals surface area contributed by atoms with Crippen molar-refractivity contribution in [2.45, 2.75) is 19.8 Å². The molecule has 1 aromatic rings. The lowest BCUT2D eigenvalue weighted by molar-refractivity contribution is -0.116. The molecular formula is C11H16FN3O. The number of primary amides is 1. The molecule has 16 heavy (non-hydrogen) atoms. The molecule has 0 aromatic carbocycles. The van der Waals surface area contributed by atoms with Crippen LogP contribution >= 0.6 is 0 Å². The molecule has 0 aliphatic rings. The van der Waals surface area contributed by atoms with E-state index < -0.39 is 11.9 Å². The van der Waals surface area contributed by atoms with Crippen LogP contribution in [0, 0.1) is 5.95 Å². The number of carbonyl (C=O) groups excluding carboxylic acids is 1. The number of pyridine rings is 1. The van der Waals surface area contributed by atoms with Crippen LogP contribution in [-0.2, 0) is 4.79 Å². The lowest BCUT2D eigenvalue weighted by atomic mass is 10.3. The molecule has 0 spiro atoms. The molecule has 1 heterocycles. The van der Waals surface area contributed by atoms with Crippen LogP contribution < -0.4 is 10.6 Å². The molecule has 2 N–H and O–H groups in total. The van der Waals surface area contributed by atoms with Crippen molar-refractivity contribution >= 4 is 11.7 Å². The van der Waals surface area contributed by atoms with Gasteiger partial charge in [0.25, 0.3) is 0 Å². The zero-order valence-electron chi connectivity index (χ0n) is 9.32. The van der Waals surface area contributed by atoms with Gasteiger partial charge in [0.1, 0.15) is 5.82 Å². The number of unbranched alkanes of at least 4 members (excludes halogenated alkanes) is 1. The molecule has 0 aliphatic heterocycles. The molecule has 0 aliphatic carbocycles. The summed E-state index contributed by atoms with van der Waals surface area (Å²) >= 11 is 0. The van der Waals surface area contributed by atoms with E-state index >= 15 is 0 Å². The zero-order valence-corrected chi connectivity index (χ0v) is 9.32. The standard InChI is InChI=1S/C11H16FN3O/c1-2-3-7-15(8-10(13)16)11-6-4-5-9(12)14-11/h4-6H,2-3,7-8H2,1H3,(H2,13,16). The number of carbonyl (C=O) groups is 1. The first-order valence-corrected chi connectivity index (χ1v) is 5.29. The maximum absolute atomic E-state index is 12.9. The van der Waals surface area contributed by atoms with Crippen molar-refractivity contribution in [1.29, 1.82) is 0 Å². The van der Waals surface area contributed by atoms with Crippen LogP contribution in [0.1, 0.15) is 19.8 Å². The summed E-state index contributed by atoms with van der Waals surface area (Å²) in [6.45, 7) is 2.76. The first-order chi connectivity index (χ1) is 7.63. The Kier molecular flexibility index (Phi) is 4.69. The third-order valence-electron chi connectivity index (χ3n) is 2.15. The zero-order chi connectivity index (χ0) is 12.0. The molecular weight excluding hydrogens is 209 g/mol. The Morgan fingerprint density at radius 2 is 2.31 bits per heavy atom. The number of hydrogen-bond donors (Lipinski definition) is 1. The van der Waals surface area contributed by atoms with Gasteiger partial charge in [-0.05, 0) is 18.6 Å². The first kappa shape index (κ1) is 12.4. The first-order valence-electron chi connectivity index (χ1n) is 5.29. The van der Waals surface area contributed by atoms with E-state index in [2.05, 4.69) is 4.98 Å². The van der Waals surface area contributed by atoms with Gasteiger partial charge >= 0.3 is 0 Å². The number of nitrogens with two attached hydrogens (primary N) is 1. The number of nitrogens with zero attached hydrogens (tertiary/aromatic N) is 2. The van der Waals surface area contributed by atoms with Gasteiger partial charge in [0.05, 0.1) is 6.54 Å². The van der Waals surface area contributed by atoms with Gasteiger partial charge in [-0.3, -0.25) is 4.79 Å². The van der Waals surface area contributed by atoms with Crippen molar-refractivity contribution in [2.75, 3.05) is 18.0 Å². The van der Waals surface area contributed by atoms with Crippen LogP contribution in [0.3, 0.4) is 0 Å². The summed E-state index contributed by atoms with van der Waals surface area (Å²) in [5.41, 5.74) is 5.14. The average Bonchev–Trinajstić information content (AvgIpc) is 2.23. The minimum Gasteiger partial charge on any atom is -0.368 e. The average molecular weight is 225 g/mol. The van der Waals surface area contributed by atoms with E-state index in [1.165, 1.54) is 6.07 Å². The number of anilines is 1. The fourth-order valence-electron chi connectivity index (χ4n) is 1.39. The Labute approximate surface area is 94.3 Å². The van der Waals surface area contributed by atoms with Gasteiger partial charge < -0.3 is 10.6 Å². The Balaban J connectivity index is 2.78. The molecule has 1 rings (SSSR count). The lowest BCUT2D eigenvalue weighted by Gasteiger charge is -2.21. The van der Waals surface area contributed by atoms with Crippen LogP contribution in [0.5, 0.6) is 0 Å². The van der Waals surface area contributed by atoms with Gasteiger partial charge in [-0.1, -0.05) is 19.4 Å². The third kappa shape index (κ3) is 3.84. The second-order valence-corrected chi connectivity index (χ2v) is 3.56. The maximum Gasteiger partial charge on any atom is 0.236 e. The van der Waals surface area contributed by atoms with Crippen molar-refractivity contribution < 1.29 is 9.18 Å². The SMILES string of the molecule is CCCCN(CC(N)=O)c1cccc(F)n1. The van der Waals surface area contributed by atoms with Gasteiger partial charge in [0, 0.05) is 6.54 Å². The minimum absolute atomic E-state index is 0.0659. The summed E-state index contributed by atoms with van der Waals surface area (Å²) in [7, 11) is 0. The summed E-state index contributed by atoms with van der Waals surface area (Å²) in [6.07, 6.45) is 1.90. The van der Waals surface area contributed by atoms with Crippen molar-refractivity contribution in [3.05, 3.63) is 24.1 Å². The summed E-state index contributed by atoms with van der Waals surface area (Å²) < 4.78 is 12.9. The van der Waals surface area contributed by atoms with Crippen LogP contribution in [0.2, 0.25) is 0 Å². The highest BCUT2D eigenvalue weighted by Gasteiger charge is 2.10. The number of hydrogen-bond acceptors (Lipinski definition) is 3. The summed E-state index contributed by atoms with van der Waals surface area (Å²) in [5.74, 6) is -0.544. The number of amides is 1. The second-order valence-electron chi connectivity index (χ2n) is 3.56. The normalized spacial score (nSPS) is 10.1. The Hall–Kier alpha value is -1.65. The minimum atomic E-state index is -0.552. The molecule has 0 unspecified atom stereocenters. The molecule has 0 fully saturated rings. The van der Waals surface area contributed by atoms with Crippen LogP contribution in [0.15, 0.2) is 18.2 Å². The van der Waals surface area contributed by atoms with Crippen molar-refractivity contribution in [1.82, 2.24) is 4.98 Å². The van der Waals surface area contributed by atoms with Crippen LogP contribution in [0.25, 0.3) is 0 Å². The second kappa shape index (κ2) is 6.05. The monoisotopic (exact) mass is 225 g/mol. The predicted octanol–water partition coefficient (Wildman–Crippen LogP) is 1.31. The molecule has 0 atom stereocenters. The molecule has 1 amide bonds. The fourth-order valence-corrected chi connectivity index (χ4v) is 1.39. The molecule has 0 radical (unpaired) electrons. The van der Waals surface area contributed by atoms with Crippen molar-refractivity contribution in [2.24, 2.45) is 5.73 Å².